The van der Waals surface area contributed by atoms with Gasteiger partial charge in [-0.1, -0.05) is 31.5 Å². The van der Waals surface area contributed by atoms with Crippen LogP contribution in [0.15, 0.2) is 47.1 Å². The van der Waals surface area contributed by atoms with Crippen molar-refractivity contribution >= 4 is 11.8 Å². The van der Waals surface area contributed by atoms with Crippen molar-refractivity contribution in [1.29, 1.82) is 0 Å². The molecule has 6 nitrogen and oxygen atoms in total. The van der Waals surface area contributed by atoms with Crippen LogP contribution in [0.2, 0.25) is 0 Å². The minimum atomic E-state index is -0.118. The molecule has 0 spiro atoms. The number of aryl methyl sites for hydroxylation is 1. The van der Waals surface area contributed by atoms with E-state index in [0.29, 0.717) is 25.2 Å². The molecule has 0 bridgehead atoms. The zero-order valence-electron chi connectivity index (χ0n) is 18.2. The normalized spacial score (nSPS) is 16.1. The predicted molar refractivity (Wildman–Crippen MR) is 115 cm³/mol. The zero-order valence-corrected chi connectivity index (χ0v) is 18.2. The summed E-state index contributed by atoms with van der Waals surface area (Å²) in [6.07, 6.45) is 3.60. The lowest BCUT2D eigenvalue weighted by Crippen LogP contribution is -2.46. The van der Waals surface area contributed by atoms with E-state index in [9.17, 15) is 9.59 Å². The van der Waals surface area contributed by atoms with E-state index in [4.69, 9.17) is 9.15 Å². The summed E-state index contributed by atoms with van der Waals surface area (Å²) < 4.78 is 11.2. The van der Waals surface area contributed by atoms with Crippen molar-refractivity contribution in [2.75, 3.05) is 26.2 Å². The van der Waals surface area contributed by atoms with Crippen LogP contribution in [0.3, 0.4) is 0 Å². The van der Waals surface area contributed by atoms with Gasteiger partial charge in [-0.15, -0.1) is 0 Å². The average Bonchev–Trinajstić information content (AvgIpc) is 3.41. The number of furan rings is 1. The molecular formula is C24H32N2O4. The van der Waals surface area contributed by atoms with Crippen molar-refractivity contribution in [2.45, 2.75) is 46.3 Å². The maximum absolute atomic E-state index is 13.3. The summed E-state index contributed by atoms with van der Waals surface area (Å²) in [5.41, 5.74) is 1.70. The van der Waals surface area contributed by atoms with Crippen LogP contribution < -0.4 is 0 Å². The van der Waals surface area contributed by atoms with Gasteiger partial charge in [-0.25, -0.2) is 0 Å². The third kappa shape index (κ3) is 6.20. The van der Waals surface area contributed by atoms with Gasteiger partial charge in [0.1, 0.15) is 12.3 Å². The Morgan fingerprint density at radius 1 is 1.13 bits per heavy atom. The number of hydrogen-bond acceptors (Lipinski definition) is 4. The molecule has 0 aliphatic carbocycles. The summed E-state index contributed by atoms with van der Waals surface area (Å²) in [6, 6.07) is 11.2. The van der Waals surface area contributed by atoms with E-state index >= 15 is 0 Å². The van der Waals surface area contributed by atoms with Gasteiger partial charge in [0.2, 0.25) is 5.91 Å². The third-order valence-electron chi connectivity index (χ3n) is 5.22. The predicted octanol–water partition coefficient (Wildman–Crippen LogP) is 3.89. The first-order valence-corrected chi connectivity index (χ1v) is 10.7. The van der Waals surface area contributed by atoms with Gasteiger partial charge in [-0.05, 0) is 49.9 Å². The average molecular weight is 413 g/mol. The first-order valence-electron chi connectivity index (χ1n) is 10.7. The smallest absolute Gasteiger partial charge is 0.254 e. The Kier molecular flexibility index (Phi) is 7.69. The van der Waals surface area contributed by atoms with E-state index in [2.05, 4.69) is 0 Å². The molecule has 1 aliphatic rings. The van der Waals surface area contributed by atoms with Crippen molar-refractivity contribution in [3.63, 3.8) is 0 Å². The standard InChI is InChI=1S/C24H32N2O4/c1-18(2)14-26(24(28)20-10-8-19(3)9-11-20)17-23(27)25(15-21-6-4-12-29-21)16-22-7-5-13-30-22/h4,6,8-12,18,22H,5,7,13-17H2,1-3H3/t22-/m0/s1. The first-order chi connectivity index (χ1) is 14.4. The Balaban J connectivity index is 1.74. The zero-order chi connectivity index (χ0) is 21.5. The second kappa shape index (κ2) is 10.4. The highest BCUT2D eigenvalue weighted by Crippen LogP contribution is 2.17. The Bertz CT molecular complexity index is 808. The molecule has 1 aromatic heterocycles. The minimum absolute atomic E-state index is 0.0373. The minimum Gasteiger partial charge on any atom is -0.467 e. The number of nitrogens with zero attached hydrogens (tertiary/aromatic N) is 2. The molecule has 2 amide bonds. The van der Waals surface area contributed by atoms with Crippen LogP contribution in [0.5, 0.6) is 0 Å². The maximum atomic E-state index is 13.3. The Morgan fingerprint density at radius 2 is 1.90 bits per heavy atom. The van der Waals surface area contributed by atoms with Crippen molar-refractivity contribution in [2.24, 2.45) is 5.92 Å². The van der Waals surface area contributed by atoms with Crippen LogP contribution in [-0.2, 0) is 16.1 Å². The van der Waals surface area contributed by atoms with Gasteiger partial charge in [0, 0.05) is 25.3 Å². The molecule has 2 heterocycles. The molecule has 30 heavy (non-hydrogen) atoms. The molecule has 1 aliphatic heterocycles. The van der Waals surface area contributed by atoms with Gasteiger partial charge in [0.15, 0.2) is 0 Å². The van der Waals surface area contributed by atoms with E-state index in [-0.39, 0.29) is 30.4 Å². The van der Waals surface area contributed by atoms with Crippen molar-refractivity contribution in [3.8, 4) is 0 Å². The van der Waals surface area contributed by atoms with Gasteiger partial charge in [-0.3, -0.25) is 9.59 Å². The number of carbonyl (C=O) groups excluding carboxylic acids is 2. The monoisotopic (exact) mass is 412 g/mol. The highest BCUT2D eigenvalue weighted by Gasteiger charge is 2.27. The summed E-state index contributed by atoms with van der Waals surface area (Å²) in [5.74, 6) is 0.764. The Labute approximate surface area is 178 Å². The molecule has 1 saturated heterocycles. The Morgan fingerprint density at radius 3 is 2.50 bits per heavy atom. The molecule has 1 fully saturated rings. The number of carbonyl (C=O) groups is 2. The summed E-state index contributed by atoms with van der Waals surface area (Å²) in [4.78, 5) is 29.8. The Hall–Kier alpha value is -2.60. The van der Waals surface area contributed by atoms with E-state index in [1.54, 1.807) is 16.1 Å². The fourth-order valence-corrected chi connectivity index (χ4v) is 3.68. The molecule has 2 aromatic rings. The molecule has 1 aromatic carbocycles. The molecule has 162 valence electrons. The molecule has 0 radical (unpaired) electrons. The second-order valence-electron chi connectivity index (χ2n) is 8.43. The summed E-state index contributed by atoms with van der Waals surface area (Å²) in [6.45, 7) is 8.26. The molecule has 0 unspecified atom stereocenters. The van der Waals surface area contributed by atoms with Gasteiger partial charge in [-0.2, -0.15) is 0 Å². The summed E-state index contributed by atoms with van der Waals surface area (Å²) in [5, 5.41) is 0. The molecule has 6 heteroatoms. The lowest BCUT2D eigenvalue weighted by Gasteiger charge is -2.29. The van der Waals surface area contributed by atoms with Crippen molar-refractivity contribution in [1.82, 2.24) is 9.80 Å². The lowest BCUT2D eigenvalue weighted by molar-refractivity contribution is -0.134. The van der Waals surface area contributed by atoms with Crippen molar-refractivity contribution < 1.29 is 18.7 Å². The number of hydrogen-bond donors (Lipinski definition) is 0. The molecule has 0 N–H and O–H groups in total. The fourth-order valence-electron chi connectivity index (χ4n) is 3.68. The van der Waals surface area contributed by atoms with Crippen LogP contribution in [0.4, 0.5) is 0 Å². The highest BCUT2D eigenvalue weighted by molar-refractivity contribution is 5.96. The van der Waals surface area contributed by atoms with E-state index in [1.165, 1.54) is 0 Å². The number of benzene rings is 1. The van der Waals surface area contributed by atoms with Crippen LogP contribution in [0.1, 0.15) is 48.4 Å². The summed E-state index contributed by atoms with van der Waals surface area (Å²) in [7, 11) is 0. The lowest BCUT2D eigenvalue weighted by atomic mass is 10.1. The number of rotatable bonds is 9. The fraction of sp³-hybridized carbons (Fsp3) is 0.500. The molecule has 3 rings (SSSR count). The topological polar surface area (TPSA) is 63.0 Å². The van der Waals surface area contributed by atoms with Crippen LogP contribution in [0.25, 0.3) is 0 Å². The quantitative estimate of drug-likeness (QED) is 0.627. The molecule has 1 atom stereocenters. The van der Waals surface area contributed by atoms with E-state index in [1.807, 2.05) is 57.2 Å². The molecular weight excluding hydrogens is 380 g/mol. The van der Waals surface area contributed by atoms with Gasteiger partial charge in [0.25, 0.3) is 5.91 Å². The maximum Gasteiger partial charge on any atom is 0.254 e. The third-order valence-corrected chi connectivity index (χ3v) is 5.22. The molecule has 0 saturated carbocycles. The van der Waals surface area contributed by atoms with Crippen LogP contribution in [-0.4, -0.2) is 54.0 Å². The largest absolute Gasteiger partial charge is 0.467 e. The van der Waals surface area contributed by atoms with Gasteiger partial charge < -0.3 is 19.0 Å². The van der Waals surface area contributed by atoms with Crippen LogP contribution in [0, 0.1) is 12.8 Å². The van der Waals surface area contributed by atoms with E-state index < -0.39 is 0 Å². The van der Waals surface area contributed by atoms with Crippen LogP contribution >= 0.6 is 0 Å². The number of amides is 2. The SMILES string of the molecule is Cc1ccc(C(=O)N(CC(=O)N(Cc2ccco2)C[C@@H]2CCCO2)CC(C)C)cc1. The second-order valence-corrected chi connectivity index (χ2v) is 8.43. The van der Waals surface area contributed by atoms with Gasteiger partial charge >= 0.3 is 0 Å². The summed E-state index contributed by atoms with van der Waals surface area (Å²) >= 11 is 0. The highest BCUT2D eigenvalue weighted by atomic mass is 16.5. The first kappa shape index (κ1) is 22.1. The van der Waals surface area contributed by atoms with E-state index in [0.717, 1.165) is 30.8 Å². The number of ether oxygens (including phenoxy) is 1. The van der Waals surface area contributed by atoms with Gasteiger partial charge in [0.05, 0.1) is 18.9 Å². The van der Waals surface area contributed by atoms with Crippen molar-refractivity contribution in [3.05, 3.63) is 59.5 Å².